The number of benzene rings is 1. The molecule has 0 atom stereocenters. The first-order valence-corrected chi connectivity index (χ1v) is 4.11. The van der Waals surface area contributed by atoms with E-state index in [-0.39, 0.29) is 0 Å². The van der Waals surface area contributed by atoms with Gasteiger partial charge in [-0.05, 0) is 18.6 Å². The molecule has 1 aliphatic heterocycles. The highest BCUT2D eigenvalue weighted by atomic mass is 16.5. The van der Waals surface area contributed by atoms with E-state index in [1.165, 1.54) is 5.56 Å². The van der Waals surface area contributed by atoms with Crippen LogP contribution in [0.15, 0.2) is 29.3 Å². The van der Waals surface area contributed by atoms with Gasteiger partial charge in [0.2, 0.25) is 5.90 Å². The molecule has 1 aromatic carbocycles. The van der Waals surface area contributed by atoms with Crippen LogP contribution in [0.25, 0.3) is 0 Å². The Bertz CT molecular complexity index is 317. The van der Waals surface area contributed by atoms with E-state index in [9.17, 15) is 0 Å². The van der Waals surface area contributed by atoms with Gasteiger partial charge in [0, 0.05) is 5.56 Å². The zero-order chi connectivity index (χ0) is 8.39. The van der Waals surface area contributed by atoms with Gasteiger partial charge in [-0.25, -0.2) is 4.99 Å². The number of hydrogen-bond acceptors (Lipinski definition) is 2. The Morgan fingerprint density at radius 1 is 1.33 bits per heavy atom. The van der Waals surface area contributed by atoms with Crippen molar-refractivity contribution >= 4 is 5.90 Å². The van der Waals surface area contributed by atoms with E-state index in [0.29, 0.717) is 0 Å². The zero-order valence-corrected chi connectivity index (χ0v) is 7.08. The maximum atomic E-state index is 5.37. The van der Waals surface area contributed by atoms with Gasteiger partial charge in [0.05, 0.1) is 6.54 Å². The minimum absolute atomic E-state index is 0.726. The van der Waals surface area contributed by atoms with Crippen molar-refractivity contribution in [3.8, 4) is 0 Å². The molecule has 0 saturated heterocycles. The zero-order valence-electron chi connectivity index (χ0n) is 7.08. The molecule has 2 nitrogen and oxygen atoms in total. The van der Waals surface area contributed by atoms with Crippen LogP contribution in [0.3, 0.4) is 0 Å². The normalized spacial score (nSPS) is 15.6. The number of ether oxygens (including phenoxy) is 1. The molecule has 0 saturated carbocycles. The fourth-order valence-electron chi connectivity index (χ4n) is 1.31. The number of nitrogens with zero attached hydrogens (tertiary/aromatic N) is 1. The van der Waals surface area contributed by atoms with Crippen molar-refractivity contribution in [2.75, 3.05) is 13.2 Å². The van der Waals surface area contributed by atoms with E-state index in [0.717, 1.165) is 24.6 Å². The number of aryl methyl sites for hydroxylation is 1. The van der Waals surface area contributed by atoms with Crippen molar-refractivity contribution in [3.05, 3.63) is 35.4 Å². The predicted molar refractivity (Wildman–Crippen MR) is 48.5 cm³/mol. The molecule has 0 fully saturated rings. The lowest BCUT2D eigenvalue weighted by Crippen LogP contribution is -2.02. The van der Waals surface area contributed by atoms with Gasteiger partial charge in [-0.1, -0.05) is 18.2 Å². The van der Waals surface area contributed by atoms with E-state index in [1.54, 1.807) is 0 Å². The van der Waals surface area contributed by atoms with Crippen LogP contribution in [0.5, 0.6) is 0 Å². The van der Waals surface area contributed by atoms with Crippen molar-refractivity contribution in [3.63, 3.8) is 0 Å². The van der Waals surface area contributed by atoms with Crippen molar-refractivity contribution in [1.82, 2.24) is 0 Å². The van der Waals surface area contributed by atoms with E-state index in [2.05, 4.69) is 18.0 Å². The van der Waals surface area contributed by atoms with Gasteiger partial charge in [0.15, 0.2) is 0 Å². The molecule has 2 rings (SSSR count). The summed E-state index contributed by atoms with van der Waals surface area (Å²) in [7, 11) is 0. The Balaban J connectivity index is 2.39. The molecule has 0 spiro atoms. The summed E-state index contributed by atoms with van der Waals surface area (Å²) in [5.41, 5.74) is 2.34. The van der Waals surface area contributed by atoms with E-state index >= 15 is 0 Å². The summed E-state index contributed by atoms with van der Waals surface area (Å²) in [4.78, 5) is 4.26. The molecule has 0 aliphatic carbocycles. The van der Waals surface area contributed by atoms with Gasteiger partial charge in [-0.15, -0.1) is 0 Å². The second-order valence-electron chi connectivity index (χ2n) is 2.85. The number of hydrogen-bond donors (Lipinski definition) is 0. The van der Waals surface area contributed by atoms with E-state index in [4.69, 9.17) is 4.74 Å². The van der Waals surface area contributed by atoms with Crippen LogP contribution < -0.4 is 0 Å². The molecule has 0 N–H and O–H groups in total. The van der Waals surface area contributed by atoms with Crippen molar-refractivity contribution < 1.29 is 4.74 Å². The van der Waals surface area contributed by atoms with Crippen LogP contribution in [0.4, 0.5) is 0 Å². The molecule has 1 heterocycles. The second kappa shape index (κ2) is 2.97. The number of aliphatic imine (C=N–C) groups is 1. The summed E-state index contributed by atoms with van der Waals surface area (Å²) in [5.74, 6) is 0.799. The van der Waals surface area contributed by atoms with Crippen LogP contribution in [-0.2, 0) is 4.74 Å². The van der Waals surface area contributed by atoms with Crippen molar-refractivity contribution in [2.45, 2.75) is 6.92 Å². The lowest BCUT2D eigenvalue weighted by molar-refractivity contribution is 0.348. The summed E-state index contributed by atoms with van der Waals surface area (Å²) in [6.07, 6.45) is 0. The first-order valence-electron chi connectivity index (χ1n) is 4.11. The largest absolute Gasteiger partial charge is 0.476 e. The summed E-state index contributed by atoms with van der Waals surface area (Å²) >= 11 is 0. The Morgan fingerprint density at radius 3 is 2.83 bits per heavy atom. The van der Waals surface area contributed by atoms with E-state index < -0.39 is 0 Å². The Hall–Kier alpha value is -1.31. The summed E-state index contributed by atoms with van der Waals surface area (Å²) in [6.45, 7) is 3.59. The van der Waals surface area contributed by atoms with Crippen LogP contribution in [0, 0.1) is 6.92 Å². The average Bonchev–Trinajstić information content (AvgIpc) is 2.57. The van der Waals surface area contributed by atoms with Gasteiger partial charge in [0.1, 0.15) is 6.61 Å². The lowest BCUT2D eigenvalue weighted by atomic mass is 10.1. The first-order chi connectivity index (χ1) is 5.88. The molecule has 0 bridgehead atoms. The monoisotopic (exact) mass is 161 g/mol. The Labute approximate surface area is 71.9 Å². The highest BCUT2D eigenvalue weighted by Crippen LogP contribution is 2.11. The van der Waals surface area contributed by atoms with Crippen molar-refractivity contribution in [2.24, 2.45) is 4.99 Å². The summed E-state index contributed by atoms with van der Waals surface area (Å²) in [6, 6.07) is 8.14. The second-order valence-corrected chi connectivity index (χ2v) is 2.85. The quantitative estimate of drug-likeness (QED) is 0.615. The molecule has 0 radical (unpaired) electrons. The molecular formula is C10H11NO. The maximum absolute atomic E-state index is 5.37. The average molecular weight is 161 g/mol. The minimum atomic E-state index is 0.726. The fraction of sp³-hybridized carbons (Fsp3) is 0.300. The molecule has 1 aromatic rings. The highest BCUT2D eigenvalue weighted by molar-refractivity contribution is 5.96. The molecule has 62 valence electrons. The highest BCUT2D eigenvalue weighted by Gasteiger charge is 2.11. The lowest BCUT2D eigenvalue weighted by Gasteiger charge is -2.03. The molecule has 2 heteroatoms. The number of rotatable bonds is 1. The van der Waals surface area contributed by atoms with Gasteiger partial charge < -0.3 is 4.74 Å². The molecular weight excluding hydrogens is 150 g/mol. The van der Waals surface area contributed by atoms with E-state index in [1.807, 2.05) is 18.2 Å². The molecule has 12 heavy (non-hydrogen) atoms. The third-order valence-corrected chi connectivity index (χ3v) is 1.96. The molecule has 0 aromatic heterocycles. The van der Waals surface area contributed by atoms with Crippen LogP contribution in [-0.4, -0.2) is 19.0 Å². The topological polar surface area (TPSA) is 21.6 Å². The minimum Gasteiger partial charge on any atom is -0.476 e. The van der Waals surface area contributed by atoms with Gasteiger partial charge >= 0.3 is 0 Å². The third-order valence-electron chi connectivity index (χ3n) is 1.96. The third kappa shape index (κ3) is 1.20. The Morgan fingerprint density at radius 2 is 2.17 bits per heavy atom. The van der Waals surface area contributed by atoms with Gasteiger partial charge in [-0.2, -0.15) is 0 Å². The predicted octanol–water partition coefficient (Wildman–Crippen LogP) is 1.77. The first kappa shape index (κ1) is 7.35. The van der Waals surface area contributed by atoms with Crippen LogP contribution in [0.2, 0.25) is 0 Å². The Kier molecular flexibility index (Phi) is 1.82. The molecule has 0 amide bonds. The smallest absolute Gasteiger partial charge is 0.216 e. The summed E-state index contributed by atoms with van der Waals surface area (Å²) < 4.78 is 5.37. The van der Waals surface area contributed by atoms with Crippen molar-refractivity contribution in [1.29, 1.82) is 0 Å². The maximum Gasteiger partial charge on any atom is 0.216 e. The standard InChI is InChI=1S/C10H11NO/c1-8-4-2-3-5-9(8)10-11-6-7-12-10/h2-5H,6-7H2,1H3. The van der Waals surface area contributed by atoms with Crippen LogP contribution in [0.1, 0.15) is 11.1 Å². The molecule has 1 aliphatic rings. The van der Waals surface area contributed by atoms with Crippen LogP contribution >= 0.6 is 0 Å². The fourth-order valence-corrected chi connectivity index (χ4v) is 1.31. The SMILES string of the molecule is Cc1ccccc1C1=NCCO1. The molecule has 0 unspecified atom stereocenters. The summed E-state index contributed by atoms with van der Waals surface area (Å²) in [5, 5.41) is 0. The van der Waals surface area contributed by atoms with Gasteiger partial charge in [0.25, 0.3) is 0 Å². The van der Waals surface area contributed by atoms with Gasteiger partial charge in [-0.3, -0.25) is 0 Å².